The number of sulfonamides is 1. The van der Waals surface area contributed by atoms with Crippen molar-refractivity contribution >= 4 is 15.9 Å². The number of amides is 1. The van der Waals surface area contributed by atoms with Crippen LogP contribution in [-0.2, 0) is 14.8 Å². The normalized spacial score (nSPS) is 23.1. The smallest absolute Gasteiger partial charge is 0.223 e. The molecule has 0 aromatic heterocycles. The van der Waals surface area contributed by atoms with Crippen molar-refractivity contribution in [3.63, 3.8) is 0 Å². The van der Waals surface area contributed by atoms with Crippen LogP contribution in [0.3, 0.4) is 0 Å². The van der Waals surface area contributed by atoms with Gasteiger partial charge in [0, 0.05) is 25.0 Å². The third kappa shape index (κ3) is 4.68. The Morgan fingerprint density at radius 1 is 1.10 bits per heavy atom. The summed E-state index contributed by atoms with van der Waals surface area (Å²) < 4.78 is 25.6. The van der Waals surface area contributed by atoms with Crippen LogP contribution >= 0.6 is 0 Å². The first-order valence-corrected chi connectivity index (χ1v) is 9.92. The van der Waals surface area contributed by atoms with E-state index < -0.39 is 10.0 Å². The van der Waals surface area contributed by atoms with Gasteiger partial charge in [0.05, 0.1) is 5.75 Å². The van der Waals surface area contributed by atoms with Crippen LogP contribution in [0.2, 0.25) is 0 Å². The Labute approximate surface area is 128 Å². The highest BCUT2D eigenvalue weighted by Gasteiger charge is 2.31. The number of nitrogens with one attached hydrogen (secondary N) is 1. The molecular weight excluding hydrogens is 288 g/mol. The lowest BCUT2D eigenvalue weighted by molar-refractivity contribution is -0.127. The fraction of sp³-hybridized carbons (Fsp3) is 0.933. The summed E-state index contributed by atoms with van der Waals surface area (Å²) in [6, 6.07) is 0.341. The second kappa shape index (κ2) is 7.58. The highest BCUT2D eigenvalue weighted by molar-refractivity contribution is 7.89. The van der Waals surface area contributed by atoms with Gasteiger partial charge < -0.3 is 5.32 Å². The molecule has 0 radical (unpaired) electrons. The van der Waals surface area contributed by atoms with Crippen molar-refractivity contribution in [2.75, 3.05) is 18.8 Å². The SMILES string of the molecule is CCCS(=O)(=O)N1CCC(C(=O)NC2CCCCC2)CC1. The van der Waals surface area contributed by atoms with E-state index in [-0.39, 0.29) is 17.6 Å². The summed E-state index contributed by atoms with van der Waals surface area (Å²) in [5.41, 5.74) is 0. The second-order valence-electron chi connectivity index (χ2n) is 6.33. The van der Waals surface area contributed by atoms with E-state index in [1.165, 1.54) is 19.3 Å². The molecule has 6 heteroatoms. The first kappa shape index (κ1) is 16.7. The van der Waals surface area contributed by atoms with Crippen molar-refractivity contribution in [2.45, 2.75) is 64.3 Å². The molecule has 0 bridgehead atoms. The zero-order valence-corrected chi connectivity index (χ0v) is 13.8. The van der Waals surface area contributed by atoms with Crippen molar-refractivity contribution in [2.24, 2.45) is 5.92 Å². The van der Waals surface area contributed by atoms with Crippen molar-refractivity contribution in [1.29, 1.82) is 0 Å². The molecule has 2 fully saturated rings. The molecule has 1 heterocycles. The molecular formula is C15H28N2O3S. The lowest BCUT2D eigenvalue weighted by atomic mass is 9.93. The molecule has 0 atom stereocenters. The van der Waals surface area contributed by atoms with Crippen LogP contribution in [0.15, 0.2) is 0 Å². The average Bonchev–Trinajstić information content (AvgIpc) is 2.48. The molecule has 122 valence electrons. The summed E-state index contributed by atoms with van der Waals surface area (Å²) >= 11 is 0. The van der Waals surface area contributed by atoms with Gasteiger partial charge >= 0.3 is 0 Å². The van der Waals surface area contributed by atoms with Crippen LogP contribution in [0.4, 0.5) is 0 Å². The predicted molar refractivity (Wildman–Crippen MR) is 83.4 cm³/mol. The van der Waals surface area contributed by atoms with Gasteiger partial charge in [0.25, 0.3) is 0 Å². The standard InChI is InChI=1S/C15H28N2O3S/c1-2-12-21(19,20)17-10-8-13(9-11-17)15(18)16-14-6-4-3-5-7-14/h13-14H,2-12H2,1H3,(H,16,18). The predicted octanol–water partition coefficient (Wildman–Crippen LogP) is 1.89. The molecule has 0 aromatic rings. The lowest BCUT2D eigenvalue weighted by Crippen LogP contribution is -2.46. The Morgan fingerprint density at radius 2 is 1.71 bits per heavy atom. The summed E-state index contributed by atoms with van der Waals surface area (Å²) in [6.07, 6.45) is 7.83. The van der Waals surface area contributed by atoms with Gasteiger partial charge in [-0.1, -0.05) is 26.2 Å². The van der Waals surface area contributed by atoms with Crippen molar-refractivity contribution in [3.8, 4) is 0 Å². The molecule has 1 saturated carbocycles. The summed E-state index contributed by atoms with van der Waals surface area (Å²) in [4.78, 5) is 12.3. The summed E-state index contributed by atoms with van der Waals surface area (Å²) in [5.74, 6) is 0.334. The molecule has 5 nitrogen and oxygen atoms in total. The fourth-order valence-corrected chi connectivity index (χ4v) is 4.89. The average molecular weight is 316 g/mol. The van der Waals surface area contributed by atoms with E-state index in [2.05, 4.69) is 5.32 Å². The van der Waals surface area contributed by atoms with Crippen LogP contribution < -0.4 is 5.32 Å². The van der Waals surface area contributed by atoms with Crippen LogP contribution in [-0.4, -0.2) is 43.5 Å². The summed E-state index contributed by atoms with van der Waals surface area (Å²) in [5, 5.41) is 3.16. The maximum atomic E-state index is 12.3. The van der Waals surface area contributed by atoms with Gasteiger partial charge in [-0.2, -0.15) is 0 Å². The zero-order chi connectivity index (χ0) is 15.3. The highest BCUT2D eigenvalue weighted by Crippen LogP contribution is 2.22. The number of hydrogen-bond acceptors (Lipinski definition) is 3. The van der Waals surface area contributed by atoms with Crippen LogP contribution in [0.25, 0.3) is 0 Å². The number of piperidine rings is 1. The van der Waals surface area contributed by atoms with E-state index in [9.17, 15) is 13.2 Å². The fourth-order valence-electron chi connectivity index (χ4n) is 3.35. The molecule has 0 aromatic carbocycles. The molecule has 1 aliphatic heterocycles. The van der Waals surface area contributed by atoms with Gasteiger partial charge in [0.2, 0.25) is 15.9 Å². The maximum Gasteiger partial charge on any atom is 0.223 e. The Balaban J connectivity index is 1.79. The van der Waals surface area contributed by atoms with Crippen LogP contribution in [0.1, 0.15) is 58.3 Å². The second-order valence-corrected chi connectivity index (χ2v) is 8.42. The minimum atomic E-state index is -3.11. The minimum Gasteiger partial charge on any atom is -0.353 e. The van der Waals surface area contributed by atoms with Gasteiger partial charge in [0.1, 0.15) is 0 Å². The summed E-state index contributed by atoms with van der Waals surface area (Å²) in [6.45, 7) is 2.86. The van der Waals surface area contributed by atoms with E-state index in [0.717, 1.165) is 12.8 Å². The highest BCUT2D eigenvalue weighted by atomic mass is 32.2. The summed E-state index contributed by atoms with van der Waals surface area (Å²) in [7, 11) is -3.11. The van der Waals surface area contributed by atoms with Gasteiger partial charge in [-0.05, 0) is 32.1 Å². The Bertz CT molecular complexity index is 436. The number of hydrogen-bond donors (Lipinski definition) is 1. The third-order valence-corrected chi connectivity index (χ3v) is 6.71. The molecule has 1 aliphatic carbocycles. The molecule has 1 N–H and O–H groups in total. The Hall–Kier alpha value is -0.620. The van der Waals surface area contributed by atoms with Crippen LogP contribution in [0, 0.1) is 5.92 Å². The Morgan fingerprint density at radius 3 is 2.29 bits per heavy atom. The Kier molecular flexibility index (Phi) is 6.05. The van der Waals surface area contributed by atoms with E-state index in [1.807, 2.05) is 6.92 Å². The third-order valence-electron chi connectivity index (χ3n) is 4.63. The van der Waals surface area contributed by atoms with Gasteiger partial charge in [-0.3, -0.25) is 4.79 Å². The molecule has 21 heavy (non-hydrogen) atoms. The first-order chi connectivity index (χ1) is 10.0. The number of rotatable bonds is 5. The van der Waals surface area contributed by atoms with E-state index in [4.69, 9.17) is 0 Å². The van der Waals surface area contributed by atoms with E-state index in [1.54, 1.807) is 4.31 Å². The van der Waals surface area contributed by atoms with Crippen LogP contribution in [0.5, 0.6) is 0 Å². The topological polar surface area (TPSA) is 66.5 Å². The van der Waals surface area contributed by atoms with Gasteiger partial charge in [0.15, 0.2) is 0 Å². The van der Waals surface area contributed by atoms with Gasteiger partial charge in [-0.15, -0.1) is 0 Å². The quantitative estimate of drug-likeness (QED) is 0.842. The molecule has 1 amide bonds. The van der Waals surface area contributed by atoms with E-state index >= 15 is 0 Å². The molecule has 1 saturated heterocycles. The van der Waals surface area contributed by atoms with Crippen molar-refractivity contribution < 1.29 is 13.2 Å². The molecule has 0 unspecified atom stereocenters. The molecule has 2 aliphatic rings. The van der Waals surface area contributed by atoms with Crippen molar-refractivity contribution in [1.82, 2.24) is 9.62 Å². The monoisotopic (exact) mass is 316 g/mol. The minimum absolute atomic E-state index is 0.0139. The molecule has 2 rings (SSSR count). The number of carbonyl (C=O) groups is 1. The van der Waals surface area contributed by atoms with Gasteiger partial charge in [-0.25, -0.2) is 12.7 Å². The zero-order valence-electron chi connectivity index (χ0n) is 13.0. The maximum absolute atomic E-state index is 12.3. The first-order valence-electron chi connectivity index (χ1n) is 8.31. The number of nitrogens with zero attached hydrogens (tertiary/aromatic N) is 1. The van der Waals surface area contributed by atoms with E-state index in [0.29, 0.717) is 38.4 Å². The number of carbonyl (C=O) groups excluding carboxylic acids is 1. The van der Waals surface area contributed by atoms with Crippen molar-refractivity contribution in [3.05, 3.63) is 0 Å². The largest absolute Gasteiger partial charge is 0.353 e. The lowest BCUT2D eigenvalue weighted by Gasteiger charge is -2.32. The molecule has 0 spiro atoms.